The normalized spacial score (nSPS) is 10.0. The molecule has 1 aromatic carbocycles. The van der Waals surface area contributed by atoms with Crippen molar-refractivity contribution in [3.8, 4) is 6.07 Å². The molecule has 0 amide bonds. The molecule has 90 valence electrons. The summed E-state index contributed by atoms with van der Waals surface area (Å²) in [4.78, 5) is 6.08. The molecule has 2 N–H and O–H groups in total. The van der Waals surface area contributed by atoms with E-state index in [0.29, 0.717) is 11.3 Å². The van der Waals surface area contributed by atoms with Gasteiger partial charge in [-0.05, 0) is 30.5 Å². The maximum Gasteiger partial charge on any atom is 0.124 e. The first kappa shape index (κ1) is 12.8. The second kappa shape index (κ2) is 5.80. The van der Waals surface area contributed by atoms with Crippen molar-refractivity contribution < 1.29 is 0 Å². The Kier molecular flexibility index (Phi) is 4.13. The molecular weight excluding hydrogens is 262 g/mol. The van der Waals surface area contributed by atoms with E-state index in [-0.39, 0.29) is 0 Å². The van der Waals surface area contributed by atoms with Gasteiger partial charge < -0.3 is 5.73 Å². The molecule has 2 aromatic rings. The number of rotatable bonds is 3. The van der Waals surface area contributed by atoms with Crippen molar-refractivity contribution in [1.82, 2.24) is 4.98 Å². The van der Waals surface area contributed by atoms with Crippen molar-refractivity contribution >= 4 is 29.2 Å². The van der Waals surface area contributed by atoms with Crippen LogP contribution in [0.3, 0.4) is 0 Å². The quantitative estimate of drug-likeness (QED) is 0.868. The summed E-state index contributed by atoms with van der Waals surface area (Å²) in [7, 11) is 0. The van der Waals surface area contributed by atoms with Gasteiger partial charge in [0.05, 0.1) is 11.3 Å². The van der Waals surface area contributed by atoms with Crippen LogP contribution in [0.1, 0.15) is 5.56 Å². The average molecular weight is 273 g/mol. The SMILES string of the molecule is CSc1cccc(Sc2ncccc2N)c1C#N. The minimum atomic E-state index is 0.626. The van der Waals surface area contributed by atoms with E-state index >= 15 is 0 Å². The number of benzene rings is 1. The highest BCUT2D eigenvalue weighted by Crippen LogP contribution is 2.35. The molecule has 0 bridgehead atoms. The third-order valence-electron chi connectivity index (χ3n) is 2.33. The summed E-state index contributed by atoms with van der Waals surface area (Å²) in [6, 6.07) is 11.6. The van der Waals surface area contributed by atoms with E-state index < -0.39 is 0 Å². The van der Waals surface area contributed by atoms with Gasteiger partial charge in [-0.2, -0.15) is 5.26 Å². The van der Waals surface area contributed by atoms with E-state index in [4.69, 9.17) is 5.73 Å². The van der Waals surface area contributed by atoms with Gasteiger partial charge in [-0.1, -0.05) is 17.8 Å². The van der Waals surface area contributed by atoms with Gasteiger partial charge in [0.1, 0.15) is 11.1 Å². The van der Waals surface area contributed by atoms with E-state index in [2.05, 4.69) is 11.1 Å². The molecule has 0 aliphatic heterocycles. The molecule has 5 heteroatoms. The molecule has 0 unspecified atom stereocenters. The minimum absolute atomic E-state index is 0.626. The highest BCUT2D eigenvalue weighted by molar-refractivity contribution is 8.00. The Morgan fingerprint density at radius 1 is 1.22 bits per heavy atom. The highest BCUT2D eigenvalue weighted by atomic mass is 32.2. The standard InChI is InChI=1S/C13H11N3S2/c1-17-11-5-2-6-12(9(11)8-14)18-13-10(15)4-3-7-16-13/h2-7H,15H2,1H3. The van der Waals surface area contributed by atoms with Gasteiger partial charge in [0.15, 0.2) is 0 Å². The van der Waals surface area contributed by atoms with E-state index in [1.807, 2.05) is 24.5 Å². The number of aromatic nitrogens is 1. The molecular formula is C13H11N3S2. The molecule has 1 heterocycles. The summed E-state index contributed by atoms with van der Waals surface area (Å²) < 4.78 is 0. The lowest BCUT2D eigenvalue weighted by atomic mass is 10.2. The first-order valence-electron chi connectivity index (χ1n) is 5.21. The summed E-state index contributed by atoms with van der Waals surface area (Å²) in [5.74, 6) is 0. The Hall–Kier alpha value is -1.64. The number of anilines is 1. The van der Waals surface area contributed by atoms with Crippen LogP contribution in [-0.2, 0) is 0 Å². The molecule has 18 heavy (non-hydrogen) atoms. The zero-order valence-electron chi connectivity index (χ0n) is 9.75. The number of nitrogens with two attached hydrogens (primary N) is 1. The fraction of sp³-hybridized carbons (Fsp3) is 0.0769. The third kappa shape index (κ3) is 2.61. The Labute approximate surface area is 114 Å². The molecule has 1 aromatic heterocycles. The molecule has 0 spiro atoms. The first-order chi connectivity index (χ1) is 8.76. The van der Waals surface area contributed by atoms with Crippen LogP contribution in [0, 0.1) is 11.3 Å². The van der Waals surface area contributed by atoms with Crippen LogP contribution in [0.25, 0.3) is 0 Å². The number of nitrogen functional groups attached to an aromatic ring is 1. The van der Waals surface area contributed by atoms with Crippen LogP contribution >= 0.6 is 23.5 Å². The van der Waals surface area contributed by atoms with Gasteiger partial charge in [0.25, 0.3) is 0 Å². The Morgan fingerprint density at radius 2 is 2.00 bits per heavy atom. The van der Waals surface area contributed by atoms with Crippen molar-refractivity contribution in [3.05, 3.63) is 42.1 Å². The van der Waals surface area contributed by atoms with Crippen molar-refractivity contribution in [1.29, 1.82) is 5.26 Å². The Bertz CT molecular complexity index is 605. The van der Waals surface area contributed by atoms with Gasteiger partial charge in [-0.3, -0.25) is 0 Å². The second-order valence-corrected chi connectivity index (χ2v) is 5.32. The van der Waals surface area contributed by atoms with Crippen LogP contribution in [0.2, 0.25) is 0 Å². The zero-order chi connectivity index (χ0) is 13.0. The number of hydrogen-bond acceptors (Lipinski definition) is 5. The van der Waals surface area contributed by atoms with Crippen LogP contribution in [0.15, 0.2) is 51.3 Å². The largest absolute Gasteiger partial charge is 0.397 e. The van der Waals surface area contributed by atoms with Crippen LogP contribution in [0.4, 0.5) is 5.69 Å². The van der Waals surface area contributed by atoms with Crippen molar-refractivity contribution in [2.45, 2.75) is 14.8 Å². The summed E-state index contributed by atoms with van der Waals surface area (Å²) in [6.07, 6.45) is 3.66. The first-order valence-corrected chi connectivity index (χ1v) is 7.26. The van der Waals surface area contributed by atoms with Crippen molar-refractivity contribution in [2.75, 3.05) is 12.0 Å². The van der Waals surface area contributed by atoms with E-state index in [1.165, 1.54) is 11.8 Å². The molecule has 0 aliphatic carbocycles. The predicted molar refractivity (Wildman–Crippen MR) is 75.7 cm³/mol. The second-order valence-electron chi connectivity index (χ2n) is 3.45. The number of thioether (sulfide) groups is 1. The molecule has 0 atom stereocenters. The average Bonchev–Trinajstić information content (AvgIpc) is 2.41. The van der Waals surface area contributed by atoms with Gasteiger partial charge >= 0.3 is 0 Å². The van der Waals surface area contributed by atoms with Crippen LogP contribution in [-0.4, -0.2) is 11.2 Å². The van der Waals surface area contributed by atoms with Gasteiger partial charge in [-0.25, -0.2) is 4.98 Å². The summed E-state index contributed by atoms with van der Waals surface area (Å²) in [6.45, 7) is 0. The molecule has 0 radical (unpaired) electrons. The van der Waals surface area contributed by atoms with E-state index in [9.17, 15) is 5.26 Å². The lowest BCUT2D eigenvalue weighted by molar-refractivity contribution is 1.13. The van der Waals surface area contributed by atoms with Gasteiger partial charge in [0.2, 0.25) is 0 Å². The monoisotopic (exact) mass is 273 g/mol. The Morgan fingerprint density at radius 3 is 2.67 bits per heavy atom. The smallest absolute Gasteiger partial charge is 0.124 e. The lowest BCUT2D eigenvalue weighted by Crippen LogP contribution is -1.92. The number of hydrogen-bond donors (Lipinski definition) is 1. The number of nitriles is 1. The van der Waals surface area contributed by atoms with Gasteiger partial charge in [-0.15, -0.1) is 11.8 Å². The summed E-state index contributed by atoms with van der Waals surface area (Å²) in [5.41, 5.74) is 7.17. The highest BCUT2D eigenvalue weighted by Gasteiger charge is 2.10. The third-order valence-corrected chi connectivity index (χ3v) is 4.20. The predicted octanol–water partition coefficient (Wildman–Crippen LogP) is 3.41. The molecule has 3 nitrogen and oxygen atoms in total. The van der Waals surface area contributed by atoms with Crippen LogP contribution in [0.5, 0.6) is 0 Å². The Balaban J connectivity index is 2.42. The fourth-order valence-electron chi connectivity index (χ4n) is 1.47. The topological polar surface area (TPSA) is 62.7 Å². The van der Waals surface area contributed by atoms with E-state index in [0.717, 1.165) is 14.8 Å². The van der Waals surface area contributed by atoms with Crippen molar-refractivity contribution in [3.63, 3.8) is 0 Å². The molecule has 0 saturated carbocycles. The molecule has 0 fully saturated rings. The van der Waals surface area contributed by atoms with Crippen molar-refractivity contribution in [2.24, 2.45) is 0 Å². The summed E-state index contributed by atoms with van der Waals surface area (Å²) in [5, 5.41) is 9.98. The molecule has 2 rings (SSSR count). The maximum atomic E-state index is 9.25. The fourth-order valence-corrected chi connectivity index (χ4v) is 3.02. The zero-order valence-corrected chi connectivity index (χ0v) is 11.4. The maximum absolute atomic E-state index is 9.25. The minimum Gasteiger partial charge on any atom is -0.397 e. The van der Waals surface area contributed by atoms with E-state index in [1.54, 1.807) is 30.1 Å². The van der Waals surface area contributed by atoms with Gasteiger partial charge in [0, 0.05) is 16.0 Å². The number of pyridine rings is 1. The lowest BCUT2D eigenvalue weighted by Gasteiger charge is -2.07. The number of nitrogens with zero attached hydrogens (tertiary/aromatic N) is 2. The van der Waals surface area contributed by atoms with Crippen LogP contribution < -0.4 is 5.73 Å². The molecule has 0 aliphatic rings. The summed E-state index contributed by atoms with van der Waals surface area (Å²) >= 11 is 2.98. The molecule has 0 saturated heterocycles.